The van der Waals surface area contributed by atoms with Gasteiger partial charge in [-0.25, -0.2) is 8.42 Å². The monoisotopic (exact) mass is 380 g/mol. The molecule has 0 radical (unpaired) electrons. The Balaban J connectivity index is 1.98. The Labute approximate surface area is 144 Å². The molecule has 0 bridgehead atoms. The first kappa shape index (κ1) is 19.7. The number of nitrogens with one attached hydrogen (secondary N) is 1. The number of ether oxygens (including phenoxy) is 1. The molecule has 1 aromatic rings. The summed E-state index contributed by atoms with van der Waals surface area (Å²) in [4.78, 5) is 12.0. The Bertz CT molecular complexity index is 698. The van der Waals surface area contributed by atoms with Crippen LogP contribution in [0.5, 0.6) is 0 Å². The molecule has 1 amide bonds. The molecule has 140 valence electrons. The number of halogens is 3. The molecule has 10 heteroatoms. The van der Waals surface area contributed by atoms with Crippen molar-refractivity contribution < 1.29 is 31.1 Å². The van der Waals surface area contributed by atoms with Crippen molar-refractivity contribution in [1.82, 2.24) is 4.31 Å². The quantitative estimate of drug-likeness (QED) is 0.820. The van der Waals surface area contributed by atoms with E-state index in [4.69, 9.17) is 4.74 Å². The van der Waals surface area contributed by atoms with Crippen molar-refractivity contribution in [2.75, 3.05) is 31.3 Å². The second kappa shape index (κ2) is 7.71. The van der Waals surface area contributed by atoms with E-state index < -0.39 is 34.2 Å². The van der Waals surface area contributed by atoms with Gasteiger partial charge in [0.1, 0.15) is 0 Å². The second-order valence-corrected chi connectivity index (χ2v) is 7.80. The van der Waals surface area contributed by atoms with Crippen LogP contribution >= 0.6 is 0 Å². The third-order valence-electron chi connectivity index (χ3n) is 3.72. The number of rotatable bonds is 6. The van der Waals surface area contributed by atoms with Gasteiger partial charge in [0.2, 0.25) is 15.9 Å². The van der Waals surface area contributed by atoms with Gasteiger partial charge in [-0.1, -0.05) is 0 Å². The first-order valence-corrected chi connectivity index (χ1v) is 9.44. The van der Waals surface area contributed by atoms with Gasteiger partial charge in [0.05, 0.1) is 24.5 Å². The summed E-state index contributed by atoms with van der Waals surface area (Å²) in [6.07, 6.45) is -2.18. The number of alkyl halides is 3. The molecule has 1 aromatic carbocycles. The van der Waals surface area contributed by atoms with Crippen LogP contribution in [0, 0.1) is 0 Å². The standard InChI is InChI=1S/C15H19F3N2O4S/c1-25(22,23)20(9-13-3-2-8-24-13)10-14(21)19-12-6-4-11(5-7-12)15(16,17)18/h4-7,13H,2-3,8-10H2,1H3,(H,19,21). The third-order valence-corrected chi connectivity index (χ3v) is 4.93. The summed E-state index contributed by atoms with van der Waals surface area (Å²) in [6, 6.07) is 3.92. The molecule has 2 rings (SSSR count). The van der Waals surface area contributed by atoms with E-state index >= 15 is 0 Å². The van der Waals surface area contributed by atoms with Crippen molar-refractivity contribution in [2.24, 2.45) is 0 Å². The summed E-state index contributed by atoms with van der Waals surface area (Å²) in [5.41, 5.74) is -0.676. The highest BCUT2D eigenvalue weighted by atomic mass is 32.2. The molecule has 1 saturated heterocycles. The maximum atomic E-state index is 12.5. The van der Waals surface area contributed by atoms with Gasteiger partial charge in [0, 0.05) is 18.8 Å². The zero-order valence-corrected chi connectivity index (χ0v) is 14.4. The van der Waals surface area contributed by atoms with E-state index in [-0.39, 0.29) is 18.3 Å². The van der Waals surface area contributed by atoms with Gasteiger partial charge in [-0.15, -0.1) is 0 Å². The predicted molar refractivity (Wildman–Crippen MR) is 85.5 cm³/mol. The number of nitrogens with zero attached hydrogens (tertiary/aromatic N) is 1. The molecule has 0 spiro atoms. The summed E-state index contributed by atoms with van der Waals surface area (Å²) in [6.45, 7) is 0.193. The van der Waals surface area contributed by atoms with Crippen LogP contribution in [0.25, 0.3) is 0 Å². The van der Waals surface area contributed by atoms with E-state index in [9.17, 15) is 26.4 Å². The Morgan fingerprint density at radius 1 is 1.32 bits per heavy atom. The minimum Gasteiger partial charge on any atom is -0.377 e. The number of carbonyl (C=O) groups is 1. The molecule has 0 aliphatic carbocycles. The van der Waals surface area contributed by atoms with Gasteiger partial charge in [-0.2, -0.15) is 17.5 Å². The largest absolute Gasteiger partial charge is 0.416 e. The fourth-order valence-corrected chi connectivity index (χ4v) is 3.22. The van der Waals surface area contributed by atoms with Crippen LogP contribution < -0.4 is 5.32 Å². The fraction of sp³-hybridized carbons (Fsp3) is 0.533. The van der Waals surface area contributed by atoms with Crippen LogP contribution in [0.1, 0.15) is 18.4 Å². The minimum absolute atomic E-state index is 0.0687. The van der Waals surface area contributed by atoms with E-state index in [2.05, 4.69) is 5.32 Å². The predicted octanol–water partition coefficient (Wildman–Crippen LogP) is 2.08. The van der Waals surface area contributed by atoms with Crippen LogP contribution in [0.2, 0.25) is 0 Å². The van der Waals surface area contributed by atoms with Gasteiger partial charge in [-0.3, -0.25) is 4.79 Å². The van der Waals surface area contributed by atoms with Crippen LogP contribution in [0.4, 0.5) is 18.9 Å². The molecule has 0 aromatic heterocycles. The SMILES string of the molecule is CS(=O)(=O)N(CC(=O)Nc1ccc(C(F)(F)F)cc1)CC1CCCO1. The Hall–Kier alpha value is -1.65. The maximum Gasteiger partial charge on any atom is 0.416 e. The van der Waals surface area contributed by atoms with Gasteiger partial charge in [0.25, 0.3) is 0 Å². The summed E-state index contributed by atoms with van der Waals surface area (Å²) in [5, 5.41) is 2.39. The average Bonchev–Trinajstić information content (AvgIpc) is 2.98. The average molecular weight is 380 g/mol. The van der Waals surface area contributed by atoms with Gasteiger partial charge in [0.15, 0.2) is 0 Å². The van der Waals surface area contributed by atoms with Crippen LogP contribution in [0.15, 0.2) is 24.3 Å². The van der Waals surface area contributed by atoms with Gasteiger partial charge < -0.3 is 10.1 Å². The smallest absolute Gasteiger partial charge is 0.377 e. The molecule has 1 heterocycles. The Morgan fingerprint density at radius 3 is 2.44 bits per heavy atom. The third kappa shape index (κ3) is 5.98. The molecule has 0 saturated carbocycles. The number of hydrogen-bond donors (Lipinski definition) is 1. The van der Waals surface area contributed by atoms with Crippen LogP contribution in [0.3, 0.4) is 0 Å². The molecule has 1 N–H and O–H groups in total. The molecule has 1 atom stereocenters. The summed E-state index contributed by atoms with van der Waals surface area (Å²) >= 11 is 0. The molecule has 1 aliphatic heterocycles. The topological polar surface area (TPSA) is 75.7 Å². The Morgan fingerprint density at radius 2 is 1.96 bits per heavy atom. The number of benzene rings is 1. The first-order chi connectivity index (χ1) is 11.6. The Kier molecular flexibility index (Phi) is 6.07. The van der Waals surface area contributed by atoms with Crippen molar-refractivity contribution in [2.45, 2.75) is 25.1 Å². The maximum absolute atomic E-state index is 12.5. The lowest BCUT2D eigenvalue weighted by molar-refractivity contribution is -0.137. The van der Waals surface area contributed by atoms with E-state index in [0.29, 0.717) is 13.0 Å². The molecule has 1 fully saturated rings. The summed E-state index contributed by atoms with van der Waals surface area (Å²) in [7, 11) is -3.62. The van der Waals surface area contributed by atoms with E-state index in [1.807, 2.05) is 0 Å². The first-order valence-electron chi connectivity index (χ1n) is 7.59. The van der Waals surface area contributed by atoms with Crippen molar-refractivity contribution >= 4 is 21.6 Å². The molecular weight excluding hydrogens is 361 g/mol. The van der Waals surface area contributed by atoms with Gasteiger partial charge >= 0.3 is 6.18 Å². The molecule has 1 unspecified atom stereocenters. The second-order valence-electron chi connectivity index (χ2n) is 5.81. The van der Waals surface area contributed by atoms with E-state index in [1.54, 1.807) is 0 Å². The highest BCUT2D eigenvalue weighted by molar-refractivity contribution is 7.88. The van der Waals surface area contributed by atoms with Crippen molar-refractivity contribution in [3.8, 4) is 0 Å². The lowest BCUT2D eigenvalue weighted by atomic mass is 10.2. The highest BCUT2D eigenvalue weighted by Crippen LogP contribution is 2.29. The zero-order chi connectivity index (χ0) is 18.7. The number of sulfonamides is 1. The zero-order valence-electron chi connectivity index (χ0n) is 13.5. The van der Waals surface area contributed by atoms with E-state index in [0.717, 1.165) is 41.2 Å². The minimum atomic E-state index is -4.46. The van der Waals surface area contributed by atoms with Crippen LogP contribution in [-0.4, -0.2) is 50.7 Å². The lowest BCUT2D eigenvalue weighted by Gasteiger charge is -2.22. The lowest BCUT2D eigenvalue weighted by Crippen LogP contribution is -2.41. The number of hydrogen-bond acceptors (Lipinski definition) is 4. The summed E-state index contributed by atoms with van der Waals surface area (Å²) < 4.78 is 67.6. The number of amides is 1. The fourth-order valence-electron chi connectivity index (χ4n) is 2.44. The normalized spacial score (nSPS) is 18.5. The number of carbonyl (C=O) groups excluding carboxylic acids is 1. The van der Waals surface area contributed by atoms with Crippen molar-refractivity contribution in [1.29, 1.82) is 0 Å². The summed E-state index contributed by atoms with van der Waals surface area (Å²) in [5.74, 6) is -0.636. The highest BCUT2D eigenvalue weighted by Gasteiger charge is 2.30. The molecule has 6 nitrogen and oxygen atoms in total. The molecular formula is C15H19F3N2O4S. The number of anilines is 1. The molecule has 25 heavy (non-hydrogen) atoms. The van der Waals surface area contributed by atoms with Crippen molar-refractivity contribution in [3.63, 3.8) is 0 Å². The van der Waals surface area contributed by atoms with E-state index in [1.165, 1.54) is 0 Å². The van der Waals surface area contributed by atoms with Crippen molar-refractivity contribution in [3.05, 3.63) is 29.8 Å². The molecule has 1 aliphatic rings. The van der Waals surface area contributed by atoms with Crippen LogP contribution in [-0.2, 0) is 25.7 Å². The van der Waals surface area contributed by atoms with Gasteiger partial charge in [-0.05, 0) is 37.1 Å².